The summed E-state index contributed by atoms with van der Waals surface area (Å²) in [6.07, 6.45) is 3.47. The minimum absolute atomic E-state index is 0.0831. The molecule has 0 bridgehead atoms. The van der Waals surface area contributed by atoms with Crippen molar-refractivity contribution < 1.29 is 17.6 Å². The molecule has 1 amide bonds. The maximum atomic E-state index is 13.6. The molecule has 2 fully saturated rings. The standard InChI is InChI=1S/C27H34N4O5S/c1-26(2)11-12-27(19-31(26)37(34,35)21-7-5-4-6-8-21)13-15-30(16-14-27)18-24(32)28-20-9-10-22-23(17-20)36-25(33)29(22)3/h4-10,17H,11-16,18-19H2,1-3H3,(H,28,32). The van der Waals surface area contributed by atoms with E-state index in [1.165, 1.54) is 4.57 Å². The van der Waals surface area contributed by atoms with Gasteiger partial charge in [-0.2, -0.15) is 4.31 Å². The largest absolute Gasteiger partial charge is 0.419 e. The van der Waals surface area contributed by atoms with Crippen molar-refractivity contribution in [1.29, 1.82) is 0 Å². The van der Waals surface area contributed by atoms with Gasteiger partial charge in [0.2, 0.25) is 15.9 Å². The van der Waals surface area contributed by atoms with Gasteiger partial charge in [-0.1, -0.05) is 18.2 Å². The first-order valence-electron chi connectivity index (χ1n) is 12.7. The minimum Gasteiger partial charge on any atom is -0.408 e. The average Bonchev–Trinajstić information content (AvgIpc) is 3.15. The highest BCUT2D eigenvalue weighted by molar-refractivity contribution is 7.89. The zero-order valence-electron chi connectivity index (χ0n) is 21.6. The van der Waals surface area contributed by atoms with E-state index < -0.39 is 21.3 Å². The van der Waals surface area contributed by atoms with Gasteiger partial charge in [0, 0.05) is 30.9 Å². The van der Waals surface area contributed by atoms with Crippen LogP contribution in [0.4, 0.5) is 5.69 Å². The fraction of sp³-hybridized carbons (Fsp3) is 0.481. The highest BCUT2D eigenvalue weighted by Crippen LogP contribution is 2.46. The number of aromatic nitrogens is 1. The lowest BCUT2D eigenvalue weighted by Gasteiger charge is -2.53. The van der Waals surface area contributed by atoms with Crippen molar-refractivity contribution in [2.24, 2.45) is 12.5 Å². The van der Waals surface area contributed by atoms with Crippen LogP contribution in [0.25, 0.3) is 11.1 Å². The number of carbonyl (C=O) groups is 1. The topological polar surface area (TPSA) is 105 Å². The number of carbonyl (C=O) groups excluding carboxylic acids is 1. The molecule has 1 aromatic heterocycles. The number of amides is 1. The third-order valence-corrected chi connectivity index (χ3v) is 10.2. The van der Waals surface area contributed by atoms with Crippen LogP contribution >= 0.6 is 0 Å². The Hall–Kier alpha value is -2.95. The van der Waals surface area contributed by atoms with Gasteiger partial charge in [0.15, 0.2) is 5.58 Å². The Morgan fingerprint density at radius 3 is 2.43 bits per heavy atom. The number of fused-ring (bicyclic) bond motifs is 1. The Labute approximate surface area is 217 Å². The quantitative estimate of drug-likeness (QED) is 0.546. The van der Waals surface area contributed by atoms with Crippen LogP contribution in [0.2, 0.25) is 0 Å². The molecule has 198 valence electrons. The Kier molecular flexibility index (Phi) is 6.54. The maximum absolute atomic E-state index is 13.6. The molecule has 3 heterocycles. The summed E-state index contributed by atoms with van der Waals surface area (Å²) in [7, 11) is -1.96. The van der Waals surface area contributed by atoms with Crippen molar-refractivity contribution in [3.05, 3.63) is 59.1 Å². The van der Waals surface area contributed by atoms with Gasteiger partial charge in [-0.3, -0.25) is 14.3 Å². The van der Waals surface area contributed by atoms with E-state index in [1.807, 2.05) is 19.9 Å². The zero-order valence-corrected chi connectivity index (χ0v) is 22.4. The second-order valence-corrected chi connectivity index (χ2v) is 12.9. The second-order valence-electron chi connectivity index (χ2n) is 11.1. The van der Waals surface area contributed by atoms with Crippen molar-refractivity contribution in [3.8, 4) is 0 Å². The number of hydrogen-bond donors (Lipinski definition) is 1. The van der Waals surface area contributed by atoms with Gasteiger partial charge in [-0.15, -0.1) is 0 Å². The molecule has 0 radical (unpaired) electrons. The van der Waals surface area contributed by atoms with E-state index in [2.05, 4.69) is 10.2 Å². The predicted octanol–water partition coefficient (Wildman–Crippen LogP) is 3.42. The van der Waals surface area contributed by atoms with Crippen LogP contribution in [0.3, 0.4) is 0 Å². The number of rotatable bonds is 5. The van der Waals surface area contributed by atoms with E-state index in [-0.39, 0.29) is 17.9 Å². The summed E-state index contributed by atoms with van der Waals surface area (Å²) in [4.78, 5) is 26.9. The number of benzene rings is 2. The summed E-state index contributed by atoms with van der Waals surface area (Å²) in [6, 6.07) is 13.8. The number of nitrogens with one attached hydrogen (secondary N) is 1. The van der Waals surface area contributed by atoms with Crippen LogP contribution in [-0.4, -0.2) is 59.8 Å². The fourth-order valence-corrected chi connectivity index (χ4v) is 7.57. The molecular weight excluding hydrogens is 492 g/mol. The van der Waals surface area contributed by atoms with Crippen LogP contribution in [0.1, 0.15) is 39.5 Å². The second kappa shape index (κ2) is 9.41. The molecule has 1 spiro atoms. The van der Waals surface area contributed by atoms with E-state index in [1.54, 1.807) is 53.8 Å². The molecule has 2 aliphatic heterocycles. The molecule has 3 aromatic rings. The van der Waals surface area contributed by atoms with Gasteiger partial charge in [0.25, 0.3) is 0 Å². The van der Waals surface area contributed by atoms with Gasteiger partial charge >= 0.3 is 5.76 Å². The first-order chi connectivity index (χ1) is 17.5. The molecule has 2 saturated heterocycles. The molecule has 9 nitrogen and oxygen atoms in total. The first-order valence-corrected chi connectivity index (χ1v) is 14.1. The number of oxazole rings is 1. The lowest BCUT2D eigenvalue weighted by atomic mass is 9.69. The molecular formula is C27H34N4O5S. The van der Waals surface area contributed by atoms with E-state index >= 15 is 0 Å². The molecule has 5 rings (SSSR count). The summed E-state index contributed by atoms with van der Waals surface area (Å²) in [6.45, 7) is 6.25. The van der Waals surface area contributed by atoms with Gasteiger partial charge in [-0.05, 0) is 82.3 Å². The molecule has 2 aliphatic rings. The molecule has 0 unspecified atom stereocenters. The van der Waals surface area contributed by atoms with Gasteiger partial charge in [0.05, 0.1) is 17.0 Å². The lowest BCUT2D eigenvalue weighted by molar-refractivity contribution is -0.118. The van der Waals surface area contributed by atoms with Crippen LogP contribution in [0.5, 0.6) is 0 Å². The van der Waals surface area contributed by atoms with Crippen molar-refractivity contribution in [3.63, 3.8) is 0 Å². The van der Waals surface area contributed by atoms with Gasteiger partial charge in [-0.25, -0.2) is 13.2 Å². The smallest absolute Gasteiger partial charge is 0.408 e. The van der Waals surface area contributed by atoms with Crippen LogP contribution in [0, 0.1) is 5.41 Å². The highest BCUT2D eigenvalue weighted by Gasteiger charge is 2.49. The number of sulfonamides is 1. The SMILES string of the molecule is Cn1c(=O)oc2cc(NC(=O)CN3CCC4(CC3)CCC(C)(C)N(S(=O)(=O)c3ccccc3)C4)ccc21. The molecule has 2 aromatic carbocycles. The summed E-state index contributed by atoms with van der Waals surface area (Å²) >= 11 is 0. The monoisotopic (exact) mass is 526 g/mol. The van der Waals surface area contributed by atoms with Gasteiger partial charge in [0.1, 0.15) is 0 Å². The Bertz CT molecular complexity index is 1470. The third kappa shape index (κ3) is 4.97. The molecule has 0 atom stereocenters. The number of likely N-dealkylation sites (tertiary alicyclic amines) is 1. The van der Waals surface area contributed by atoms with E-state index in [4.69, 9.17) is 4.42 Å². The number of aryl methyl sites for hydroxylation is 1. The molecule has 37 heavy (non-hydrogen) atoms. The van der Waals surface area contributed by atoms with E-state index in [0.29, 0.717) is 28.2 Å². The number of nitrogens with zero attached hydrogens (tertiary/aromatic N) is 3. The minimum atomic E-state index is -3.60. The Morgan fingerprint density at radius 2 is 1.73 bits per heavy atom. The summed E-state index contributed by atoms with van der Waals surface area (Å²) in [5.41, 5.74) is 1.15. The third-order valence-electron chi connectivity index (χ3n) is 8.11. The molecule has 1 N–H and O–H groups in total. The van der Waals surface area contributed by atoms with Crippen molar-refractivity contribution in [2.75, 3.05) is 31.5 Å². The number of hydrogen-bond acceptors (Lipinski definition) is 6. The van der Waals surface area contributed by atoms with Crippen LogP contribution in [0.15, 0.2) is 62.6 Å². The van der Waals surface area contributed by atoms with Crippen molar-refractivity contribution in [2.45, 2.75) is 50.0 Å². The summed E-state index contributed by atoms with van der Waals surface area (Å²) in [5.74, 6) is -0.575. The molecule has 10 heteroatoms. The Morgan fingerprint density at radius 1 is 1.03 bits per heavy atom. The lowest BCUT2D eigenvalue weighted by Crippen LogP contribution is -2.59. The molecule has 0 aliphatic carbocycles. The van der Waals surface area contributed by atoms with Crippen molar-refractivity contribution >= 4 is 32.7 Å². The normalized spacial score (nSPS) is 20.3. The first kappa shape index (κ1) is 25.7. The fourth-order valence-electron chi connectivity index (χ4n) is 5.63. The zero-order chi connectivity index (χ0) is 26.4. The summed E-state index contributed by atoms with van der Waals surface area (Å²) in [5, 5.41) is 2.90. The average molecular weight is 527 g/mol. The van der Waals surface area contributed by atoms with Crippen molar-refractivity contribution in [1.82, 2.24) is 13.8 Å². The highest BCUT2D eigenvalue weighted by atomic mass is 32.2. The van der Waals surface area contributed by atoms with Crippen LogP contribution < -0.4 is 11.1 Å². The van der Waals surface area contributed by atoms with Crippen LogP contribution in [-0.2, 0) is 21.9 Å². The van der Waals surface area contributed by atoms with Gasteiger partial charge < -0.3 is 9.73 Å². The van der Waals surface area contributed by atoms with E-state index in [0.717, 1.165) is 38.8 Å². The predicted molar refractivity (Wildman–Crippen MR) is 142 cm³/mol. The number of anilines is 1. The van der Waals surface area contributed by atoms with E-state index in [9.17, 15) is 18.0 Å². The summed E-state index contributed by atoms with van der Waals surface area (Å²) < 4.78 is 35.4. The Balaban J connectivity index is 1.22. The maximum Gasteiger partial charge on any atom is 0.419 e. The molecule has 0 saturated carbocycles. The number of piperidine rings is 2.